The van der Waals surface area contributed by atoms with Crippen LogP contribution in [-0.2, 0) is 0 Å². The van der Waals surface area contributed by atoms with Crippen molar-refractivity contribution in [2.45, 2.75) is 83.6 Å². The maximum absolute atomic E-state index is 6.35. The SMILES string of the molecule is CCC(/C=C\CNCC1CCCCC1)N(N)CC1CCCCC1.CN. The van der Waals surface area contributed by atoms with Gasteiger partial charge in [0.25, 0.3) is 0 Å². The molecule has 4 heteroatoms. The summed E-state index contributed by atoms with van der Waals surface area (Å²) in [6.07, 6.45) is 19.8. The molecule has 148 valence electrons. The van der Waals surface area contributed by atoms with Crippen molar-refractivity contribution in [3.8, 4) is 0 Å². The third-order valence-corrected chi connectivity index (χ3v) is 5.82. The lowest BCUT2D eigenvalue weighted by Crippen LogP contribution is -2.43. The Morgan fingerprint density at radius 2 is 1.52 bits per heavy atom. The van der Waals surface area contributed by atoms with Gasteiger partial charge < -0.3 is 11.1 Å². The van der Waals surface area contributed by atoms with Gasteiger partial charge in [-0.1, -0.05) is 57.6 Å². The highest BCUT2D eigenvalue weighted by atomic mass is 15.4. The molecule has 2 aliphatic carbocycles. The summed E-state index contributed by atoms with van der Waals surface area (Å²) in [7, 11) is 1.50. The van der Waals surface area contributed by atoms with Crippen molar-refractivity contribution in [3.05, 3.63) is 12.2 Å². The topological polar surface area (TPSA) is 67.3 Å². The smallest absolute Gasteiger partial charge is 0.0419 e. The van der Waals surface area contributed by atoms with Crippen LogP contribution >= 0.6 is 0 Å². The third kappa shape index (κ3) is 9.74. The normalized spacial score (nSPS) is 21.3. The van der Waals surface area contributed by atoms with Gasteiger partial charge in [-0.25, -0.2) is 5.01 Å². The molecule has 0 aromatic carbocycles. The molecule has 1 unspecified atom stereocenters. The first-order chi connectivity index (χ1) is 12.3. The van der Waals surface area contributed by atoms with Crippen molar-refractivity contribution in [2.24, 2.45) is 23.4 Å². The fourth-order valence-electron chi connectivity index (χ4n) is 4.27. The summed E-state index contributed by atoms with van der Waals surface area (Å²) < 4.78 is 0. The Hall–Kier alpha value is -0.420. The van der Waals surface area contributed by atoms with E-state index in [0.717, 1.165) is 31.3 Å². The molecule has 0 bridgehead atoms. The van der Waals surface area contributed by atoms with Gasteiger partial charge in [0, 0.05) is 19.1 Å². The van der Waals surface area contributed by atoms with E-state index in [0.29, 0.717) is 6.04 Å². The maximum atomic E-state index is 6.35. The van der Waals surface area contributed by atoms with Gasteiger partial charge >= 0.3 is 0 Å². The molecule has 4 nitrogen and oxygen atoms in total. The fraction of sp³-hybridized carbons (Fsp3) is 0.905. The zero-order chi connectivity index (χ0) is 18.3. The Labute approximate surface area is 156 Å². The highest BCUT2D eigenvalue weighted by molar-refractivity contribution is 4.94. The lowest BCUT2D eigenvalue weighted by molar-refractivity contribution is 0.170. The maximum Gasteiger partial charge on any atom is 0.0419 e. The van der Waals surface area contributed by atoms with Gasteiger partial charge in [-0.3, -0.25) is 5.84 Å². The molecule has 5 N–H and O–H groups in total. The Bertz CT molecular complexity index is 320. The molecule has 0 aliphatic heterocycles. The summed E-state index contributed by atoms with van der Waals surface area (Å²) in [5.74, 6) is 8.09. The number of nitrogens with one attached hydrogen (secondary N) is 1. The van der Waals surface area contributed by atoms with Gasteiger partial charge in [-0.05, 0) is 57.5 Å². The fourth-order valence-corrected chi connectivity index (χ4v) is 4.27. The Morgan fingerprint density at radius 1 is 0.960 bits per heavy atom. The lowest BCUT2D eigenvalue weighted by Gasteiger charge is -2.30. The van der Waals surface area contributed by atoms with Crippen molar-refractivity contribution in [2.75, 3.05) is 26.7 Å². The molecule has 2 saturated carbocycles. The summed E-state index contributed by atoms with van der Waals surface area (Å²) in [6.45, 7) is 5.49. The van der Waals surface area contributed by atoms with Gasteiger partial charge in [0.1, 0.15) is 0 Å². The van der Waals surface area contributed by atoms with Gasteiger partial charge in [-0.15, -0.1) is 0 Å². The molecule has 0 saturated heterocycles. The Kier molecular flexibility index (Phi) is 13.3. The highest BCUT2D eigenvalue weighted by Gasteiger charge is 2.18. The molecule has 0 aromatic heterocycles. The molecule has 0 radical (unpaired) electrons. The van der Waals surface area contributed by atoms with E-state index in [1.165, 1.54) is 77.8 Å². The lowest BCUT2D eigenvalue weighted by atomic mass is 9.89. The number of hydrazine groups is 1. The van der Waals surface area contributed by atoms with Crippen LogP contribution in [-0.4, -0.2) is 37.7 Å². The van der Waals surface area contributed by atoms with Crippen molar-refractivity contribution in [3.63, 3.8) is 0 Å². The zero-order valence-electron chi connectivity index (χ0n) is 16.9. The zero-order valence-corrected chi connectivity index (χ0v) is 16.9. The predicted octanol–water partition coefficient (Wildman–Crippen LogP) is 3.82. The van der Waals surface area contributed by atoms with E-state index in [4.69, 9.17) is 5.84 Å². The number of nitrogens with two attached hydrogens (primary N) is 2. The van der Waals surface area contributed by atoms with E-state index >= 15 is 0 Å². The van der Waals surface area contributed by atoms with Crippen molar-refractivity contribution in [1.82, 2.24) is 10.3 Å². The number of nitrogens with zero attached hydrogens (tertiary/aromatic N) is 1. The van der Waals surface area contributed by atoms with E-state index in [-0.39, 0.29) is 0 Å². The number of hydrogen-bond acceptors (Lipinski definition) is 4. The minimum atomic E-state index is 0.397. The molecule has 2 rings (SSSR count). The van der Waals surface area contributed by atoms with Crippen LogP contribution < -0.4 is 16.9 Å². The second-order valence-corrected chi connectivity index (χ2v) is 7.77. The van der Waals surface area contributed by atoms with E-state index in [1.807, 2.05) is 0 Å². The van der Waals surface area contributed by atoms with Gasteiger partial charge in [0.2, 0.25) is 0 Å². The summed E-state index contributed by atoms with van der Waals surface area (Å²) in [5, 5.41) is 5.70. The summed E-state index contributed by atoms with van der Waals surface area (Å²) in [6, 6.07) is 0.397. The van der Waals surface area contributed by atoms with Crippen LogP contribution in [0.1, 0.15) is 77.6 Å². The molecule has 25 heavy (non-hydrogen) atoms. The summed E-state index contributed by atoms with van der Waals surface area (Å²) >= 11 is 0. The average molecular weight is 353 g/mol. The number of hydrogen-bond donors (Lipinski definition) is 3. The average Bonchev–Trinajstić information content (AvgIpc) is 2.68. The monoisotopic (exact) mass is 352 g/mol. The minimum absolute atomic E-state index is 0.397. The second-order valence-electron chi connectivity index (χ2n) is 7.77. The molecule has 2 fully saturated rings. The molecule has 0 aromatic rings. The Balaban J connectivity index is 0.00000151. The molecule has 0 heterocycles. The molecular formula is C21H44N4. The van der Waals surface area contributed by atoms with Crippen LogP contribution in [0.2, 0.25) is 0 Å². The minimum Gasteiger partial charge on any atom is -0.333 e. The summed E-state index contributed by atoms with van der Waals surface area (Å²) in [5.41, 5.74) is 4.50. The predicted molar refractivity (Wildman–Crippen MR) is 110 cm³/mol. The first-order valence-corrected chi connectivity index (χ1v) is 10.8. The molecule has 0 amide bonds. The standard InChI is InChI=1S/C20H39N3.CH5N/c1-2-20(23(21)17-19-12-7-4-8-13-19)14-9-15-22-16-18-10-5-3-6-11-18;1-2/h9,14,18-20,22H,2-8,10-13,15-17,21H2,1H3;2H2,1H3/b14-9-;. The van der Waals surface area contributed by atoms with Crippen LogP contribution in [0, 0.1) is 11.8 Å². The van der Waals surface area contributed by atoms with E-state index < -0.39 is 0 Å². The van der Waals surface area contributed by atoms with E-state index in [9.17, 15) is 0 Å². The summed E-state index contributed by atoms with van der Waals surface area (Å²) in [4.78, 5) is 0. The van der Waals surface area contributed by atoms with Gasteiger partial charge in [0.05, 0.1) is 0 Å². The van der Waals surface area contributed by atoms with Crippen LogP contribution in [0.5, 0.6) is 0 Å². The van der Waals surface area contributed by atoms with Crippen LogP contribution in [0.25, 0.3) is 0 Å². The quantitative estimate of drug-likeness (QED) is 0.255. The van der Waals surface area contributed by atoms with E-state index in [1.54, 1.807) is 0 Å². The van der Waals surface area contributed by atoms with E-state index in [2.05, 4.69) is 35.1 Å². The highest BCUT2D eigenvalue weighted by Crippen LogP contribution is 2.24. The first-order valence-electron chi connectivity index (χ1n) is 10.8. The van der Waals surface area contributed by atoms with Gasteiger partial charge in [-0.2, -0.15) is 0 Å². The largest absolute Gasteiger partial charge is 0.333 e. The van der Waals surface area contributed by atoms with Crippen molar-refractivity contribution < 1.29 is 0 Å². The first kappa shape index (κ1) is 22.6. The molecule has 2 aliphatic rings. The van der Waals surface area contributed by atoms with Crippen LogP contribution in [0.4, 0.5) is 0 Å². The van der Waals surface area contributed by atoms with Crippen LogP contribution in [0.3, 0.4) is 0 Å². The van der Waals surface area contributed by atoms with Crippen LogP contribution in [0.15, 0.2) is 12.2 Å². The molecule has 0 spiro atoms. The number of rotatable bonds is 9. The molecular weight excluding hydrogens is 308 g/mol. The third-order valence-electron chi connectivity index (χ3n) is 5.82. The Morgan fingerprint density at radius 3 is 2.08 bits per heavy atom. The second kappa shape index (κ2) is 14.7. The van der Waals surface area contributed by atoms with Gasteiger partial charge in [0.15, 0.2) is 0 Å². The van der Waals surface area contributed by atoms with Crippen molar-refractivity contribution >= 4 is 0 Å². The van der Waals surface area contributed by atoms with Crippen molar-refractivity contribution in [1.29, 1.82) is 0 Å². The molecule has 1 atom stereocenters.